The van der Waals surface area contributed by atoms with Crippen LogP contribution in [-0.4, -0.2) is 39.4 Å². The van der Waals surface area contributed by atoms with Crippen molar-refractivity contribution in [1.29, 1.82) is 0 Å². The summed E-state index contributed by atoms with van der Waals surface area (Å²) < 4.78 is 37.2. The fraction of sp³-hybridized carbons (Fsp3) is 0.318. The van der Waals surface area contributed by atoms with Crippen LogP contribution in [0.15, 0.2) is 41.7 Å². The van der Waals surface area contributed by atoms with Crippen LogP contribution < -0.4 is 5.32 Å². The highest BCUT2D eigenvalue weighted by Crippen LogP contribution is 2.31. The molecule has 1 aromatic carbocycles. The zero-order valence-corrected chi connectivity index (χ0v) is 17.3. The maximum atomic E-state index is 12.4. The van der Waals surface area contributed by atoms with Crippen molar-refractivity contribution in [2.45, 2.75) is 39.3 Å². The third kappa shape index (κ3) is 5.22. The van der Waals surface area contributed by atoms with Gasteiger partial charge >= 0.3 is 6.18 Å². The molecule has 0 spiro atoms. The molecule has 0 saturated heterocycles. The Bertz CT molecular complexity index is 1130. The minimum Gasteiger partial charge on any atom is -0.494 e. The van der Waals surface area contributed by atoms with Gasteiger partial charge in [0, 0.05) is 22.7 Å². The zero-order valence-electron chi connectivity index (χ0n) is 17.3. The molecule has 3 rings (SSSR count). The number of nitrogens with zero attached hydrogens (tertiary/aromatic N) is 2. The van der Waals surface area contributed by atoms with Gasteiger partial charge in [-0.05, 0) is 42.2 Å². The molecule has 0 saturated carbocycles. The van der Waals surface area contributed by atoms with Crippen LogP contribution in [0.2, 0.25) is 0 Å². The second kappa shape index (κ2) is 8.79. The van der Waals surface area contributed by atoms with Crippen molar-refractivity contribution < 1.29 is 23.1 Å². The maximum absolute atomic E-state index is 12.4. The summed E-state index contributed by atoms with van der Waals surface area (Å²) in [5, 5.41) is 12.8. The predicted molar refractivity (Wildman–Crippen MR) is 113 cm³/mol. The third-order valence-corrected chi connectivity index (χ3v) is 4.79. The number of amides is 1. The maximum Gasteiger partial charge on any atom is 0.405 e. The van der Waals surface area contributed by atoms with Crippen molar-refractivity contribution >= 4 is 28.2 Å². The van der Waals surface area contributed by atoms with Gasteiger partial charge in [-0.2, -0.15) is 13.2 Å². The summed E-state index contributed by atoms with van der Waals surface area (Å²) in [6, 6.07) is 6.29. The molecule has 31 heavy (non-hydrogen) atoms. The van der Waals surface area contributed by atoms with E-state index in [4.69, 9.17) is 0 Å². The van der Waals surface area contributed by atoms with Crippen LogP contribution in [0, 0.1) is 0 Å². The molecule has 0 aliphatic rings. The molecule has 1 amide bonds. The molecule has 0 fully saturated rings. The number of nitrogens with one attached hydrogen (secondary N) is 2. The van der Waals surface area contributed by atoms with Crippen LogP contribution in [-0.2, 0) is 0 Å². The van der Waals surface area contributed by atoms with E-state index in [1.165, 1.54) is 18.2 Å². The second-order valence-electron chi connectivity index (χ2n) is 7.45. The first-order chi connectivity index (χ1) is 14.6. The van der Waals surface area contributed by atoms with Crippen LogP contribution in [0.25, 0.3) is 10.9 Å². The van der Waals surface area contributed by atoms with E-state index in [0.29, 0.717) is 34.3 Å². The minimum absolute atomic E-state index is 0.0518. The Morgan fingerprint density at radius 3 is 2.65 bits per heavy atom. The van der Waals surface area contributed by atoms with Crippen molar-refractivity contribution in [2.75, 3.05) is 6.54 Å². The molecule has 2 heterocycles. The summed E-state index contributed by atoms with van der Waals surface area (Å²) in [6.45, 7) is 4.54. The largest absolute Gasteiger partial charge is 0.494 e. The van der Waals surface area contributed by atoms with Gasteiger partial charge in [-0.1, -0.05) is 20.8 Å². The van der Waals surface area contributed by atoms with Gasteiger partial charge in [0.05, 0.1) is 23.2 Å². The average Bonchev–Trinajstić information content (AvgIpc) is 3.04. The lowest BCUT2D eigenvalue weighted by Crippen LogP contribution is -2.33. The van der Waals surface area contributed by atoms with Crippen LogP contribution in [0.4, 0.5) is 18.9 Å². The van der Waals surface area contributed by atoms with Gasteiger partial charge in [0.25, 0.3) is 5.91 Å². The lowest BCUT2D eigenvalue weighted by molar-refractivity contribution is -0.123. The fourth-order valence-electron chi connectivity index (χ4n) is 3.18. The first kappa shape index (κ1) is 22.3. The quantitative estimate of drug-likeness (QED) is 0.467. The Labute approximate surface area is 177 Å². The number of aromatic amines is 1. The zero-order chi connectivity index (χ0) is 22.8. The van der Waals surface area contributed by atoms with Gasteiger partial charge < -0.3 is 15.4 Å². The van der Waals surface area contributed by atoms with Crippen molar-refractivity contribution in [1.82, 2.24) is 15.3 Å². The van der Waals surface area contributed by atoms with E-state index < -0.39 is 18.6 Å². The van der Waals surface area contributed by atoms with Gasteiger partial charge in [-0.25, -0.2) is 0 Å². The summed E-state index contributed by atoms with van der Waals surface area (Å²) in [6.07, 6.45) is -0.650. The molecular weight excluding hydrogens is 409 g/mol. The van der Waals surface area contributed by atoms with E-state index in [9.17, 15) is 23.1 Å². The molecule has 0 unspecified atom stereocenters. The SMILES string of the molecule is CCC(=Nc1cncc(C(C)C)c1)c1c(O)[nH]c2ccc(C(=O)NCC(F)(F)F)cc12. The number of aromatic nitrogens is 2. The number of aliphatic imine (C=N–C) groups is 1. The first-order valence-corrected chi connectivity index (χ1v) is 9.81. The standard InChI is InChI=1S/C22H23F3N4O2/c1-4-17(28-15-7-14(12(2)3)9-26-10-15)19-16-8-13(5-6-18(16)29-21(19)31)20(30)27-11-22(23,24)25/h5-10,12,29,31H,4,11H2,1-3H3,(H,27,30). The smallest absolute Gasteiger partial charge is 0.405 e. The summed E-state index contributed by atoms with van der Waals surface area (Å²) in [5.41, 5.74) is 3.18. The number of carbonyl (C=O) groups excluding carboxylic acids is 1. The molecule has 6 nitrogen and oxygen atoms in total. The Morgan fingerprint density at radius 2 is 2.00 bits per heavy atom. The Hall–Kier alpha value is -3.36. The molecule has 2 aromatic heterocycles. The number of fused-ring (bicyclic) bond motifs is 1. The molecule has 0 bridgehead atoms. The van der Waals surface area contributed by atoms with E-state index in [1.54, 1.807) is 12.4 Å². The monoisotopic (exact) mass is 432 g/mol. The molecule has 164 valence electrons. The normalized spacial score (nSPS) is 12.5. The van der Waals surface area contributed by atoms with E-state index >= 15 is 0 Å². The average molecular weight is 432 g/mol. The first-order valence-electron chi connectivity index (χ1n) is 9.81. The summed E-state index contributed by atoms with van der Waals surface area (Å²) in [5.74, 6) is -0.710. The molecule has 0 atom stereocenters. The van der Waals surface area contributed by atoms with Gasteiger partial charge in [0.15, 0.2) is 5.88 Å². The lowest BCUT2D eigenvalue weighted by Gasteiger charge is -2.09. The van der Waals surface area contributed by atoms with Crippen LogP contribution in [0.1, 0.15) is 54.6 Å². The number of carbonyl (C=O) groups is 1. The van der Waals surface area contributed by atoms with E-state index in [-0.39, 0.29) is 17.4 Å². The number of H-pyrrole nitrogens is 1. The number of hydrogen-bond acceptors (Lipinski definition) is 4. The predicted octanol–water partition coefficient (Wildman–Crippen LogP) is 5.21. The number of halogens is 3. The van der Waals surface area contributed by atoms with Gasteiger partial charge in [-0.3, -0.25) is 14.8 Å². The molecule has 3 N–H and O–H groups in total. The Kier molecular flexibility index (Phi) is 6.33. The highest BCUT2D eigenvalue weighted by Gasteiger charge is 2.28. The third-order valence-electron chi connectivity index (χ3n) is 4.79. The molecular formula is C22H23F3N4O2. The second-order valence-corrected chi connectivity index (χ2v) is 7.45. The van der Waals surface area contributed by atoms with Crippen LogP contribution in [0.3, 0.4) is 0 Å². The molecule has 0 aliphatic heterocycles. The van der Waals surface area contributed by atoms with Crippen LogP contribution >= 0.6 is 0 Å². The van der Waals surface area contributed by atoms with Crippen molar-refractivity contribution in [3.63, 3.8) is 0 Å². The number of alkyl halides is 3. The van der Waals surface area contributed by atoms with Gasteiger partial charge in [0.1, 0.15) is 6.54 Å². The van der Waals surface area contributed by atoms with Crippen molar-refractivity contribution in [3.05, 3.63) is 53.3 Å². The minimum atomic E-state index is -4.50. The molecule has 9 heteroatoms. The van der Waals surface area contributed by atoms with Gasteiger partial charge in [-0.15, -0.1) is 0 Å². The summed E-state index contributed by atoms with van der Waals surface area (Å²) >= 11 is 0. The number of aromatic hydroxyl groups is 1. The number of rotatable bonds is 6. The Morgan fingerprint density at radius 1 is 1.26 bits per heavy atom. The fourth-order valence-corrected chi connectivity index (χ4v) is 3.18. The van der Waals surface area contributed by atoms with Crippen molar-refractivity contribution in [2.24, 2.45) is 4.99 Å². The summed E-state index contributed by atoms with van der Waals surface area (Å²) in [7, 11) is 0. The highest BCUT2D eigenvalue weighted by atomic mass is 19.4. The summed E-state index contributed by atoms with van der Waals surface area (Å²) in [4.78, 5) is 23.8. The Balaban J connectivity index is 2.03. The van der Waals surface area contributed by atoms with E-state index in [1.807, 2.05) is 32.2 Å². The number of pyridine rings is 1. The van der Waals surface area contributed by atoms with E-state index in [2.05, 4.69) is 15.0 Å². The number of benzene rings is 1. The lowest BCUT2D eigenvalue weighted by atomic mass is 10.0. The highest BCUT2D eigenvalue weighted by molar-refractivity contribution is 6.14. The molecule has 0 radical (unpaired) electrons. The van der Waals surface area contributed by atoms with Crippen molar-refractivity contribution in [3.8, 4) is 5.88 Å². The molecule has 3 aromatic rings. The molecule has 0 aliphatic carbocycles. The van der Waals surface area contributed by atoms with Gasteiger partial charge in [0.2, 0.25) is 0 Å². The topological polar surface area (TPSA) is 90.4 Å². The van der Waals surface area contributed by atoms with Crippen LogP contribution in [0.5, 0.6) is 5.88 Å². The van der Waals surface area contributed by atoms with E-state index in [0.717, 1.165) is 5.56 Å². The number of hydrogen-bond donors (Lipinski definition) is 3.